The molecule has 0 amide bonds. The van der Waals surface area contributed by atoms with E-state index in [1.807, 2.05) is 0 Å². The minimum atomic E-state index is 0.537. The van der Waals surface area contributed by atoms with Gasteiger partial charge in [0, 0.05) is 5.92 Å². The zero-order valence-corrected chi connectivity index (χ0v) is 11.2. The van der Waals surface area contributed by atoms with Crippen LogP contribution in [-0.4, -0.2) is 0 Å². The molecule has 0 N–H and O–H groups in total. The Kier molecular flexibility index (Phi) is 2.59. The first-order valence-corrected chi connectivity index (χ1v) is 6.56. The Balaban J connectivity index is 2.28. The first-order valence-electron chi connectivity index (χ1n) is 6.56. The van der Waals surface area contributed by atoms with E-state index < -0.39 is 0 Å². The molecular weight excluding hydrogens is 216 g/mol. The van der Waals surface area contributed by atoms with Gasteiger partial charge in [0.05, 0.1) is 0 Å². The van der Waals surface area contributed by atoms with Gasteiger partial charge in [0.15, 0.2) is 0 Å². The number of benzene rings is 2. The molecule has 0 nitrogen and oxygen atoms in total. The van der Waals surface area contributed by atoms with E-state index in [9.17, 15) is 0 Å². The number of hydrogen-bond acceptors (Lipinski definition) is 0. The summed E-state index contributed by atoms with van der Waals surface area (Å²) < 4.78 is 0. The van der Waals surface area contributed by atoms with Crippen LogP contribution >= 0.6 is 0 Å². The average Bonchev–Trinajstić information content (AvgIpc) is 2.65. The van der Waals surface area contributed by atoms with Crippen LogP contribution in [0.4, 0.5) is 0 Å². The summed E-state index contributed by atoms with van der Waals surface area (Å²) in [6.07, 6.45) is 0. The van der Waals surface area contributed by atoms with Crippen LogP contribution in [0, 0.1) is 6.92 Å². The lowest BCUT2D eigenvalue weighted by Gasteiger charge is -2.10. The van der Waals surface area contributed by atoms with Crippen LogP contribution in [-0.2, 0) is 0 Å². The van der Waals surface area contributed by atoms with Crippen molar-refractivity contribution in [3.8, 4) is 0 Å². The summed E-state index contributed by atoms with van der Waals surface area (Å²) in [4.78, 5) is 0. The molecule has 1 atom stereocenters. The first-order chi connectivity index (χ1) is 8.70. The van der Waals surface area contributed by atoms with Gasteiger partial charge in [0.1, 0.15) is 0 Å². The van der Waals surface area contributed by atoms with Crippen molar-refractivity contribution in [2.24, 2.45) is 0 Å². The molecule has 0 fully saturated rings. The molecule has 0 bridgehead atoms. The zero-order chi connectivity index (χ0) is 12.7. The minimum absolute atomic E-state index is 0.537. The normalized spacial score (nSPS) is 18.1. The summed E-state index contributed by atoms with van der Waals surface area (Å²) in [5.41, 5.74) is 8.59. The maximum absolute atomic E-state index is 2.31. The van der Waals surface area contributed by atoms with Gasteiger partial charge in [-0.1, -0.05) is 61.0 Å². The van der Waals surface area contributed by atoms with Crippen LogP contribution in [0.2, 0.25) is 0 Å². The maximum Gasteiger partial charge on any atom is 0.00327 e. The Morgan fingerprint density at radius 2 is 1.56 bits per heavy atom. The van der Waals surface area contributed by atoms with Crippen molar-refractivity contribution in [3.05, 3.63) is 76.4 Å². The van der Waals surface area contributed by atoms with Crippen molar-refractivity contribution in [1.29, 1.82) is 0 Å². The van der Waals surface area contributed by atoms with Crippen molar-refractivity contribution in [1.82, 2.24) is 0 Å². The van der Waals surface area contributed by atoms with E-state index in [1.54, 1.807) is 0 Å². The fraction of sp³-hybridized carbons (Fsp3) is 0.222. The predicted octanol–water partition coefficient (Wildman–Crippen LogP) is 4.93. The largest absolute Gasteiger partial charge is 0.0622 e. The molecule has 0 heteroatoms. The number of fused-ring (bicyclic) bond motifs is 1. The smallest absolute Gasteiger partial charge is 0.00327 e. The van der Waals surface area contributed by atoms with Gasteiger partial charge in [-0.05, 0) is 41.7 Å². The van der Waals surface area contributed by atoms with Crippen molar-refractivity contribution >= 4 is 5.57 Å². The Morgan fingerprint density at radius 3 is 2.28 bits per heavy atom. The summed E-state index contributed by atoms with van der Waals surface area (Å²) in [5, 5.41) is 0. The standard InChI is InChI=1S/C18H18/c1-12-8-7-11-16-13(2)14(3)18(17(12)16)15-9-5-4-6-10-15/h4-11,13H,1-3H3. The molecule has 1 unspecified atom stereocenters. The molecule has 0 radical (unpaired) electrons. The molecule has 1 aliphatic rings. The second-order valence-electron chi connectivity index (χ2n) is 5.18. The number of hydrogen-bond donors (Lipinski definition) is 0. The molecule has 0 heterocycles. The van der Waals surface area contributed by atoms with Crippen LogP contribution in [0.3, 0.4) is 0 Å². The zero-order valence-electron chi connectivity index (χ0n) is 11.2. The van der Waals surface area contributed by atoms with Crippen LogP contribution in [0.1, 0.15) is 42.0 Å². The van der Waals surface area contributed by atoms with E-state index in [2.05, 4.69) is 69.3 Å². The van der Waals surface area contributed by atoms with E-state index in [4.69, 9.17) is 0 Å². The first kappa shape index (κ1) is 11.3. The molecule has 0 saturated heterocycles. The fourth-order valence-corrected chi connectivity index (χ4v) is 3.02. The molecule has 2 aromatic rings. The lowest BCUT2D eigenvalue weighted by molar-refractivity contribution is 0.919. The summed E-state index contributed by atoms with van der Waals surface area (Å²) in [5.74, 6) is 0.537. The van der Waals surface area contributed by atoms with Gasteiger partial charge in [-0.2, -0.15) is 0 Å². The monoisotopic (exact) mass is 234 g/mol. The Labute approximate surface area is 109 Å². The highest BCUT2D eigenvalue weighted by atomic mass is 14.3. The molecule has 0 aliphatic heterocycles. The van der Waals surface area contributed by atoms with Gasteiger partial charge in [-0.25, -0.2) is 0 Å². The molecule has 90 valence electrons. The van der Waals surface area contributed by atoms with Gasteiger partial charge in [-0.3, -0.25) is 0 Å². The van der Waals surface area contributed by atoms with Crippen molar-refractivity contribution in [3.63, 3.8) is 0 Å². The van der Waals surface area contributed by atoms with Crippen molar-refractivity contribution in [2.45, 2.75) is 26.7 Å². The van der Waals surface area contributed by atoms with Crippen LogP contribution in [0.5, 0.6) is 0 Å². The second kappa shape index (κ2) is 4.13. The quantitative estimate of drug-likeness (QED) is 0.656. The van der Waals surface area contributed by atoms with E-state index in [-0.39, 0.29) is 0 Å². The fourth-order valence-electron chi connectivity index (χ4n) is 3.02. The van der Waals surface area contributed by atoms with Gasteiger partial charge in [-0.15, -0.1) is 0 Å². The lowest BCUT2D eigenvalue weighted by Crippen LogP contribution is -1.92. The molecule has 0 aromatic heterocycles. The molecular formula is C18H18. The summed E-state index contributed by atoms with van der Waals surface area (Å²) in [7, 11) is 0. The Bertz CT molecular complexity index is 618. The molecule has 1 aliphatic carbocycles. The summed E-state index contributed by atoms with van der Waals surface area (Å²) in [6.45, 7) is 6.79. The molecule has 18 heavy (non-hydrogen) atoms. The van der Waals surface area contributed by atoms with Crippen LogP contribution < -0.4 is 0 Å². The molecule has 0 spiro atoms. The minimum Gasteiger partial charge on any atom is -0.0622 e. The van der Waals surface area contributed by atoms with Gasteiger partial charge < -0.3 is 0 Å². The van der Waals surface area contributed by atoms with E-state index >= 15 is 0 Å². The lowest BCUT2D eigenvalue weighted by atomic mass is 9.94. The second-order valence-corrected chi connectivity index (χ2v) is 5.18. The van der Waals surface area contributed by atoms with Crippen LogP contribution in [0.15, 0.2) is 54.1 Å². The summed E-state index contributed by atoms with van der Waals surface area (Å²) >= 11 is 0. The molecule has 3 rings (SSSR count). The SMILES string of the molecule is CC1=C(c2ccccc2)c2c(C)cccc2C1C. The number of aryl methyl sites for hydroxylation is 1. The van der Waals surface area contributed by atoms with E-state index in [0.29, 0.717) is 5.92 Å². The average molecular weight is 234 g/mol. The van der Waals surface area contributed by atoms with Gasteiger partial charge in [0.25, 0.3) is 0 Å². The number of allylic oxidation sites excluding steroid dienone is 1. The molecule has 0 saturated carbocycles. The third kappa shape index (κ3) is 1.53. The van der Waals surface area contributed by atoms with Gasteiger partial charge >= 0.3 is 0 Å². The highest BCUT2D eigenvalue weighted by molar-refractivity contribution is 5.89. The highest BCUT2D eigenvalue weighted by Crippen LogP contribution is 2.45. The van der Waals surface area contributed by atoms with Crippen molar-refractivity contribution < 1.29 is 0 Å². The predicted molar refractivity (Wildman–Crippen MR) is 77.7 cm³/mol. The van der Waals surface area contributed by atoms with Gasteiger partial charge in [0.2, 0.25) is 0 Å². The Morgan fingerprint density at radius 1 is 0.833 bits per heavy atom. The Hall–Kier alpha value is -1.82. The van der Waals surface area contributed by atoms with Crippen molar-refractivity contribution in [2.75, 3.05) is 0 Å². The third-order valence-electron chi connectivity index (χ3n) is 4.13. The maximum atomic E-state index is 2.31. The van der Waals surface area contributed by atoms with Crippen LogP contribution in [0.25, 0.3) is 5.57 Å². The van der Waals surface area contributed by atoms with E-state index in [0.717, 1.165) is 0 Å². The highest BCUT2D eigenvalue weighted by Gasteiger charge is 2.27. The topological polar surface area (TPSA) is 0 Å². The molecule has 2 aromatic carbocycles. The summed E-state index contributed by atoms with van der Waals surface area (Å²) in [6, 6.07) is 17.4. The van der Waals surface area contributed by atoms with E-state index in [1.165, 1.54) is 33.4 Å². The third-order valence-corrected chi connectivity index (χ3v) is 4.13. The number of rotatable bonds is 1.